The lowest BCUT2D eigenvalue weighted by Gasteiger charge is -1.99. The molecule has 0 fully saturated rings. The van der Waals surface area contributed by atoms with Gasteiger partial charge in [0.15, 0.2) is 0 Å². The predicted molar refractivity (Wildman–Crippen MR) is 67.1 cm³/mol. The van der Waals surface area contributed by atoms with Crippen molar-refractivity contribution in [2.45, 2.75) is 12.7 Å². The Bertz CT molecular complexity index is 519. The van der Waals surface area contributed by atoms with Gasteiger partial charge in [0, 0.05) is 17.3 Å². The Kier molecular flexibility index (Phi) is 3.19. The largest absolute Gasteiger partial charge is 0.478 e. The van der Waals surface area contributed by atoms with Crippen LogP contribution < -0.4 is 0 Å². The fourth-order valence-electron chi connectivity index (χ4n) is 1.72. The molecular weight excluding hydrogens is 222 g/mol. The number of carbonyl (C=O) groups is 1. The van der Waals surface area contributed by atoms with Crippen molar-refractivity contribution in [1.29, 1.82) is 0 Å². The van der Waals surface area contributed by atoms with Crippen molar-refractivity contribution in [3.63, 3.8) is 0 Å². The average molecular weight is 235 g/mol. The Labute approximate surface area is 97.9 Å². The summed E-state index contributed by atoms with van der Waals surface area (Å²) in [5, 5.41) is 10.1. The molecule has 0 unspecified atom stereocenters. The highest BCUT2D eigenvalue weighted by molar-refractivity contribution is 7.98. The molecule has 1 aromatic carbocycles. The molecule has 0 aliphatic rings. The number of benzene rings is 1. The number of para-hydroxylation sites is 1. The lowest BCUT2D eigenvalue weighted by molar-refractivity contribution is 0.0699. The van der Waals surface area contributed by atoms with E-state index in [2.05, 4.69) is 11.9 Å². The number of aromatic nitrogens is 1. The Balaban J connectivity index is 2.48. The number of carboxylic acid groups (broad SMARTS) is 1. The van der Waals surface area contributed by atoms with Crippen LogP contribution in [0.15, 0.2) is 24.4 Å². The molecule has 0 atom stereocenters. The maximum absolute atomic E-state index is 11.0. The zero-order valence-corrected chi connectivity index (χ0v) is 9.80. The van der Waals surface area contributed by atoms with Crippen molar-refractivity contribution in [3.05, 3.63) is 35.5 Å². The van der Waals surface area contributed by atoms with Crippen molar-refractivity contribution < 1.29 is 9.90 Å². The minimum atomic E-state index is -0.887. The summed E-state index contributed by atoms with van der Waals surface area (Å²) in [7, 11) is 0. The molecule has 0 bridgehead atoms. The van der Waals surface area contributed by atoms with Gasteiger partial charge >= 0.3 is 5.97 Å². The maximum Gasteiger partial charge on any atom is 0.337 e. The van der Waals surface area contributed by atoms with E-state index in [1.807, 2.05) is 24.0 Å². The van der Waals surface area contributed by atoms with Crippen LogP contribution in [0.1, 0.15) is 22.8 Å². The van der Waals surface area contributed by atoms with Gasteiger partial charge in [-0.15, -0.1) is 0 Å². The minimum absolute atomic E-state index is 0.338. The van der Waals surface area contributed by atoms with E-state index in [-0.39, 0.29) is 0 Å². The zero-order chi connectivity index (χ0) is 11.5. The minimum Gasteiger partial charge on any atom is -0.478 e. The first-order valence-corrected chi connectivity index (χ1v) is 6.29. The topological polar surface area (TPSA) is 53.1 Å². The second-order valence-electron chi connectivity index (χ2n) is 3.48. The number of rotatable bonds is 4. The van der Waals surface area contributed by atoms with E-state index in [1.165, 1.54) is 5.56 Å². The average Bonchev–Trinajstić information content (AvgIpc) is 2.69. The van der Waals surface area contributed by atoms with Gasteiger partial charge < -0.3 is 10.1 Å². The highest BCUT2D eigenvalue weighted by Crippen LogP contribution is 2.24. The van der Waals surface area contributed by atoms with E-state index in [4.69, 9.17) is 5.11 Å². The molecule has 0 amide bonds. The number of hydrogen-bond acceptors (Lipinski definition) is 2. The molecule has 0 radical (unpaired) electrons. The van der Waals surface area contributed by atoms with Crippen LogP contribution in [0.25, 0.3) is 10.9 Å². The lowest BCUT2D eigenvalue weighted by atomic mass is 10.1. The summed E-state index contributed by atoms with van der Waals surface area (Å²) in [5.41, 5.74) is 2.23. The molecule has 2 aromatic rings. The number of nitrogens with one attached hydrogen (secondary N) is 1. The molecule has 1 aromatic heterocycles. The SMILES string of the molecule is CCSCc1c[nH]c2c(C(=O)O)cccc12. The zero-order valence-electron chi connectivity index (χ0n) is 8.99. The number of thioether (sulfide) groups is 1. The van der Waals surface area contributed by atoms with Gasteiger partial charge in [-0.2, -0.15) is 11.8 Å². The van der Waals surface area contributed by atoms with Crippen molar-refractivity contribution in [2.75, 3.05) is 5.75 Å². The molecule has 2 rings (SSSR count). The monoisotopic (exact) mass is 235 g/mol. The Morgan fingerprint density at radius 2 is 2.31 bits per heavy atom. The third-order valence-corrected chi connectivity index (χ3v) is 3.42. The predicted octanol–water partition coefficient (Wildman–Crippen LogP) is 3.12. The third-order valence-electron chi connectivity index (χ3n) is 2.49. The van der Waals surface area contributed by atoms with E-state index in [1.54, 1.807) is 12.1 Å². The Morgan fingerprint density at radius 1 is 1.50 bits per heavy atom. The van der Waals surface area contributed by atoms with Crippen LogP contribution in [-0.2, 0) is 5.75 Å². The summed E-state index contributed by atoms with van der Waals surface area (Å²) >= 11 is 1.83. The van der Waals surface area contributed by atoms with E-state index in [9.17, 15) is 4.79 Å². The first-order chi connectivity index (χ1) is 7.74. The maximum atomic E-state index is 11.0. The normalized spacial score (nSPS) is 10.8. The van der Waals surface area contributed by atoms with Crippen LogP contribution in [-0.4, -0.2) is 21.8 Å². The van der Waals surface area contributed by atoms with Gasteiger partial charge in [0.25, 0.3) is 0 Å². The molecule has 1 heterocycles. The summed E-state index contributed by atoms with van der Waals surface area (Å²) in [6.45, 7) is 2.11. The van der Waals surface area contributed by atoms with Crippen LogP contribution >= 0.6 is 11.8 Å². The number of fused-ring (bicyclic) bond motifs is 1. The van der Waals surface area contributed by atoms with Gasteiger partial charge in [0.05, 0.1) is 11.1 Å². The number of H-pyrrole nitrogens is 1. The molecule has 2 N–H and O–H groups in total. The summed E-state index contributed by atoms with van der Waals surface area (Å²) < 4.78 is 0. The molecular formula is C12H13NO2S. The summed E-state index contributed by atoms with van der Waals surface area (Å²) in [6, 6.07) is 5.38. The van der Waals surface area contributed by atoms with Crippen molar-refractivity contribution >= 4 is 28.6 Å². The van der Waals surface area contributed by atoms with Crippen LogP contribution in [0.2, 0.25) is 0 Å². The molecule has 4 heteroatoms. The fourth-order valence-corrected chi connectivity index (χ4v) is 2.38. The number of carboxylic acids is 1. The van der Waals surface area contributed by atoms with Gasteiger partial charge in [-0.05, 0) is 17.4 Å². The third kappa shape index (κ3) is 1.93. The van der Waals surface area contributed by atoms with E-state index < -0.39 is 5.97 Å². The second-order valence-corrected chi connectivity index (χ2v) is 4.76. The molecule has 0 aliphatic carbocycles. The van der Waals surface area contributed by atoms with E-state index >= 15 is 0 Å². The van der Waals surface area contributed by atoms with Crippen LogP contribution in [0.5, 0.6) is 0 Å². The highest BCUT2D eigenvalue weighted by Gasteiger charge is 2.11. The molecule has 0 saturated carbocycles. The van der Waals surface area contributed by atoms with E-state index in [0.717, 1.165) is 22.4 Å². The second kappa shape index (κ2) is 4.61. The Hall–Kier alpha value is -1.42. The van der Waals surface area contributed by atoms with Crippen LogP contribution in [0.4, 0.5) is 0 Å². The fraction of sp³-hybridized carbons (Fsp3) is 0.250. The molecule has 3 nitrogen and oxygen atoms in total. The number of aromatic carboxylic acids is 1. The van der Waals surface area contributed by atoms with Crippen molar-refractivity contribution in [1.82, 2.24) is 4.98 Å². The lowest BCUT2D eigenvalue weighted by Crippen LogP contribution is -1.96. The van der Waals surface area contributed by atoms with E-state index in [0.29, 0.717) is 5.56 Å². The van der Waals surface area contributed by atoms with Crippen molar-refractivity contribution in [2.24, 2.45) is 0 Å². The summed E-state index contributed by atoms with van der Waals surface area (Å²) in [5.74, 6) is 1.09. The number of hydrogen-bond donors (Lipinski definition) is 2. The molecule has 0 spiro atoms. The first kappa shape index (κ1) is 11.1. The highest BCUT2D eigenvalue weighted by atomic mass is 32.2. The smallest absolute Gasteiger partial charge is 0.337 e. The molecule has 0 aliphatic heterocycles. The molecule has 84 valence electrons. The van der Waals surface area contributed by atoms with Crippen LogP contribution in [0.3, 0.4) is 0 Å². The van der Waals surface area contributed by atoms with Gasteiger partial charge in [0.2, 0.25) is 0 Å². The van der Waals surface area contributed by atoms with Crippen molar-refractivity contribution in [3.8, 4) is 0 Å². The van der Waals surface area contributed by atoms with Gasteiger partial charge in [-0.3, -0.25) is 0 Å². The van der Waals surface area contributed by atoms with Gasteiger partial charge in [0.1, 0.15) is 0 Å². The standard InChI is InChI=1S/C12H13NO2S/c1-2-16-7-8-6-13-11-9(8)4-3-5-10(11)12(14)15/h3-6,13H,2,7H2,1H3,(H,14,15). The van der Waals surface area contributed by atoms with Crippen LogP contribution in [0, 0.1) is 0 Å². The first-order valence-electron chi connectivity index (χ1n) is 5.14. The summed E-state index contributed by atoms with van der Waals surface area (Å²) in [6.07, 6.45) is 1.90. The van der Waals surface area contributed by atoms with Gasteiger partial charge in [-0.25, -0.2) is 4.79 Å². The quantitative estimate of drug-likeness (QED) is 0.856. The summed E-state index contributed by atoms with van der Waals surface area (Å²) in [4.78, 5) is 14.1. The Morgan fingerprint density at radius 3 is 3.00 bits per heavy atom. The van der Waals surface area contributed by atoms with Gasteiger partial charge in [-0.1, -0.05) is 19.1 Å². The number of aromatic amines is 1. The molecule has 0 saturated heterocycles. The molecule has 16 heavy (non-hydrogen) atoms.